The monoisotopic (exact) mass is 222 g/mol. The molecule has 0 aliphatic rings. The van der Waals surface area contributed by atoms with E-state index in [4.69, 9.17) is 10.2 Å². The zero-order valence-electron chi connectivity index (χ0n) is 9.90. The lowest BCUT2D eigenvalue weighted by atomic mass is 9.85. The van der Waals surface area contributed by atoms with Gasteiger partial charge in [-0.25, -0.2) is 0 Å². The van der Waals surface area contributed by atoms with Crippen LogP contribution >= 0.6 is 0 Å². The molecule has 0 amide bonds. The average Bonchev–Trinajstić information content (AvgIpc) is 2.17. The molecule has 0 heterocycles. The molecule has 0 unspecified atom stereocenters. The predicted molar refractivity (Wildman–Crippen MR) is 62.6 cm³/mol. The Morgan fingerprint density at radius 3 is 2.06 bits per heavy atom. The summed E-state index contributed by atoms with van der Waals surface area (Å²) in [6, 6.07) is 7.38. The first-order chi connectivity index (χ1) is 7.36. The number of benzene rings is 1. The van der Waals surface area contributed by atoms with Gasteiger partial charge < -0.3 is 10.2 Å². The fourth-order valence-corrected chi connectivity index (χ4v) is 1.54. The molecule has 2 N–H and O–H groups in total. The Hall–Kier alpha value is -1.35. The summed E-state index contributed by atoms with van der Waals surface area (Å²) in [6.07, 6.45) is 0. The third-order valence-corrected chi connectivity index (χ3v) is 2.66. The highest BCUT2D eigenvalue weighted by Gasteiger charge is 2.19. The second-order valence-corrected chi connectivity index (χ2v) is 4.95. The van der Waals surface area contributed by atoms with Crippen LogP contribution in [-0.2, 0) is 10.2 Å². The molecule has 3 heteroatoms. The average molecular weight is 222 g/mol. The summed E-state index contributed by atoms with van der Waals surface area (Å²) >= 11 is 0. The van der Waals surface area contributed by atoms with E-state index in [9.17, 15) is 4.79 Å². The van der Waals surface area contributed by atoms with Gasteiger partial charge in [0, 0.05) is 0 Å². The standard InChI is InChI=1S/C13H18O3/c1-13(2,3)10-6-4-9(5-7-10)11(8-14)12(15)16/h4-7,11,14H,8H2,1-3H3,(H,15,16)/t11-/m0/s1. The van der Waals surface area contributed by atoms with Crippen LogP contribution in [0.15, 0.2) is 24.3 Å². The summed E-state index contributed by atoms with van der Waals surface area (Å²) in [7, 11) is 0. The van der Waals surface area contributed by atoms with E-state index in [0.717, 1.165) is 5.56 Å². The van der Waals surface area contributed by atoms with Gasteiger partial charge in [-0.15, -0.1) is 0 Å². The maximum absolute atomic E-state index is 10.9. The Balaban J connectivity index is 2.98. The topological polar surface area (TPSA) is 57.5 Å². The number of hydrogen-bond donors (Lipinski definition) is 2. The summed E-state index contributed by atoms with van der Waals surface area (Å²) in [5, 5.41) is 17.9. The number of carboxylic acid groups (broad SMARTS) is 1. The van der Waals surface area contributed by atoms with Crippen molar-refractivity contribution in [3.8, 4) is 0 Å². The lowest BCUT2D eigenvalue weighted by molar-refractivity contribution is -0.139. The second kappa shape index (κ2) is 4.66. The maximum Gasteiger partial charge on any atom is 0.313 e. The lowest BCUT2D eigenvalue weighted by Gasteiger charge is -2.19. The Morgan fingerprint density at radius 2 is 1.75 bits per heavy atom. The Morgan fingerprint density at radius 1 is 1.25 bits per heavy atom. The number of hydrogen-bond acceptors (Lipinski definition) is 2. The molecular weight excluding hydrogens is 204 g/mol. The minimum absolute atomic E-state index is 0.0520. The van der Waals surface area contributed by atoms with Gasteiger partial charge in [0.25, 0.3) is 0 Å². The van der Waals surface area contributed by atoms with E-state index in [1.165, 1.54) is 0 Å². The van der Waals surface area contributed by atoms with Crippen molar-refractivity contribution in [2.24, 2.45) is 0 Å². The van der Waals surface area contributed by atoms with E-state index in [0.29, 0.717) is 5.56 Å². The minimum Gasteiger partial charge on any atom is -0.481 e. The normalized spacial score (nSPS) is 13.5. The first-order valence-corrected chi connectivity index (χ1v) is 5.30. The van der Waals surface area contributed by atoms with Crippen molar-refractivity contribution in [2.75, 3.05) is 6.61 Å². The third-order valence-electron chi connectivity index (χ3n) is 2.66. The number of aliphatic hydroxyl groups is 1. The molecule has 0 fully saturated rings. The van der Waals surface area contributed by atoms with E-state index in [1.54, 1.807) is 12.1 Å². The molecule has 0 radical (unpaired) electrons. The summed E-state index contributed by atoms with van der Waals surface area (Å²) in [5.41, 5.74) is 1.84. The highest BCUT2D eigenvalue weighted by molar-refractivity contribution is 5.76. The van der Waals surface area contributed by atoms with Crippen LogP contribution < -0.4 is 0 Å². The zero-order valence-corrected chi connectivity index (χ0v) is 9.90. The molecule has 0 bridgehead atoms. The van der Waals surface area contributed by atoms with Crippen molar-refractivity contribution in [1.29, 1.82) is 0 Å². The number of aliphatic carboxylic acids is 1. The van der Waals surface area contributed by atoms with Crippen LogP contribution in [0.1, 0.15) is 37.8 Å². The van der Waals surface area contributed by atoms with Gasteiger partial charge in [-0.1, -0.05) is 45.0 Å². The summed E-state index contributed by atoms with van der Waals surface area (Å²) in [5.74, 6) is -1.82. The number of carbonyl (C=O) groups is 1. The van der Waals surface area contributed by atoms with Gasteiger partial charge >= 0.3 is 5.97 Å². The molecule has 1 atom stereocenters. The minimum atomic E-state index is -0.994. The largest absolute Gasteiger partial charge is 0.481 e. The van der Waals surface area contributed by atoms with Crippen LogP contribution in [0.4, 0.5) is 0 Å². The van der Waals surface area contributed by atoms with Gasteiger partial charge in [0.1, 0.15) is 5.92 Å². The molecule has 16 heavy (non-hydrogen) atoms. The van der Waals surface area contributed by atoms with Gasteiger partial charge in [-0.05, 0) is 16.5 Å². The quantitative estimate of drug-likeness (QED) is 0.823. The third kappa shape index (κ3) is 2.83. The fourth-order valence-electron chi connectivity index (χ4n) is 1.54. The molecule has 0 aliphatic heterocycles. The van der Waals surface area contributed by atoms with Crippen molar-refractivity contribution >= 4 is 5.97 Å². The second-order valence-electron chi connectivity index (χ2n) is 4.95. The van der Waals surface area contributed by atoms with E-state index in [1.807, 2.05) is 12.1 Å². The molecule has 88 valence electrons. The molecule has 0 saturated carbocycles. The highest BCUT2D eigenvalue weighted by Crippen LogP contribution is 2.24. The SMILES string of the molecule is CC(C)(C)c1ccc([C@H](CO)C(=O)O)cc1. The summed E-state index contributed by atoms with van der Waals surface area (Å²) in [4.78, 5) is 10.9. The Bertz CT molecular complexity index is 360. The van der Waals surface area contributed by atoms with Crippen molar-refractivity contribution in [1.82, 2.24) is 0 Å². The van der Waals surface area contributed by atoms with Crippen LogP contribution in [0.5, 0.6) is 0 Å². The van der Waals surface area contributed by atoms with Crippen LogP contribution in [0.25, 0.3) is 0 Å². The van der Waals surface area contributed by atoms with Gasteiger partial charge in [0.05, 0.1) is 6.61 Å². The maximum atomic E-state index is 10.9. The molecule has 0 spiro atoms. The number of rotatable bonds is 3. The van der Waals surface area contributed by atoms with Crippen LogP contribution in [0.2, 0.25) is 0 Å². The van der Waals surface area contributed by atoms with Crippen molar-refractivity contribution in [2.45, 2.75) is 32.1 Å². The molecule has 0 aliphatic carbocycles. The van der Waals surface area contributed by atoms with Gasteiger partial charge in [0.15, 0.2) is 0 Å². The van der Waals surface area contributed by atoms with Gasteiger partial charge in [-0.2, -0.15) is 0 Å². The fraction of sp³-hybridized carbons (Fsp3) is 0.462. The smallest absolute Gasteiger partial charge is 0.313 e. The van der Waals surface area contributed by atoms with Crippen LogP contribution in [0.3, 0.4) is 0 Å². The Kier molecular flexibility index (Phi) is 3.70. The summed E-state index contributed by atoms with van der Waals surface area (Å²) < 4.78 is 0. The van der Waals surface area contributed by atoms with Crippen molar-refractivity contribution in [3.63, 3.8) is 0 Å². The van der Waals surface area contributed by atoms with Crippen molar-refractivity contribution < 1.29 is 15.0 Å². The number of carboxylic acids is 1. The predicted octanol–water partition coefficient (Wildman–Crippen LogP) is 2.14. The molecule has 0 saturated heterocycles. The van der Waals surface area contributed by atoms with Crippen LogP contribution in [-0.4, -0.2) is 22.8 Å². The zero-order chi connectivity index (χ0) is 12.3. The van der Waals surface area contributed by atoms with Gasteiger partial charge in [-0.3, -0.25) is 4.79 Å². The molecule has 1 rings (SSSR count). The molecule has 3 nitrogen and oxygen atoms in total. The molecular formula is C13H18O3. The first kappa shape index (κ1) is 12.7. The molecule has 1 aromatic rings. The first-order valence-electron chi connectivity index (χ1n) is 5.30. The molecule has 1 aromatic carbocycles. The van der Waals surface area contributed by atoms with E-state index >= 15 is 0 Å². The van der Waals surface area contributed by atoms with Crippen LogP contribution in [0, 0.1) is 0 Å². The summed E-state index contributed by atoms with van der Waals surface area (Å²) in [6.45, 7) is 5.93. The molecule has 0 aromatic heterocycles. The van der Waals surface area contributed by atoms with Crippen molar-refractivity contribution in [3.05, 3.63) is 35.4 Å². The lowest BCUT2D eigenvalue weighted by Crippen LogP contribution is -2.16. The highest BCUT2D eigenvalue weighted by atomic mass is 16.4. The van der Waals surface area contributed by atoms with E-state index in [-0.39, 0.29) is 12.0 Å². The number of aliphatic hydroxyl groups excluding tert-OH is 1. The Labute approximate surface area is 95.7 Å². The van der Waals surface area contributed by atoms with E-state index in [2.05, 4.69) is 20.8 Å². The van der Waals surface area contributed by atoms with Gasteiger partial charge in [0.2, 0.25) is 0 Å². The van der Waals surface area contributed by atoms with E-state index < -0.39 is 11.9 Å².